The average Bonchev–Trinajstić information content (AvgIpc) is 3.58. The number of carbonyl (C=O) groups is 1. The van der Waals surface area contributed by atoms with Crippen LogP contribution in [-0.4, -0.2) is 39.6 Å². The second-order valence-corrected chi connectivity index (χ2v) is 11.2. The largest absolute Gasteiger partial charge is 0.496 e. The van der Waals surface area contributed by atoms with Crippen molar-refractivity contribution in [3.63, 3.8) is 0 Å². The van der Waals surface area contributed by atoms with Crippen molar-refractivity contribution in [2.24, 2.45) is 0 Å². The van der Waals surface area contributed by atoms with E-state index in [0.29, 0.717) is 5.89 Å². The monoisotopic (exact) mass is 487 g/mol. The molecule has 35 heavy (non-hydrogen) atoms. The fourth-order valence-electron chi connectivity index (χ4n) is 5.61. The van der Waals surface area contributed by atoms with Crippen molar-refractivity contribution in [2.75, 3.05) is 13.7 Å². The van der Waals surface area contributed by atoms with Gasteiger partial charge in [-0.3, -0.25) is 4.79 Å². The van der Waals surface area contributed by atoms with Gasteiger partial charge in [-0.2, -0.15) is 0 Å². The maximum atomic E-state index is 14.1. The number of rotatable bonds is 3. The van der Waals surface area contributed by atoms with Gasteiger partial charge < -0.3 is 18.6 Å². The van der Waals surface area contributed by atoms with Crippen LogP contribution in [0.4, 0.5) is 0 Å². The third-order valence-corrected chi connectivity index (χ3v) is 8.03. The van der Waals surface area contributed by atoms with Crippen molar-refractivity contribution in [2.45, 2.75) is 52.1 Å². The Kier molecular flexibility index (Phi) is 5.14. The molecule has 0 aliphatic carbocycles. The number of methoxy groups -OCH3 is 1. The molecular weight excluding hydrogens is 458 g/mol. The fourth-order valence-corrected chi connectivity index (χ4v) is 6.40. The Morgan fingerprint density at radius 3 is 2.66 bits per heavy atom. The predicted octanol–water partition coefficient (Wildman–Crippen LogP) is 6.29. The molecule has 0 bridgehead atoms. The third kappa shape index (κ3) is 3.44. The first-order chi connectivity index (χ1) is 16.9. The van der Waals surface area contributed by atoms with E-state index in [2.05, 4.69) is 60.0 Å². The molecular formula is C28H29N3O3S. The zero-order chi connectivity index (χ0) is 24.3. The second kappa shape index (κ2) is 8.12. The predicted molar refractivity (Wildman–Crippen MR) is 138 cm³/mol. The average molecular weight is 488 g/mol. The summed E-state index contributed by atoms with van der Waals surface area (Å²) in [5.74, 6) is 1.42. The van der Waals surface area contributed by atoms with Crippen LogP contribution in [-0.2, 0) is 19.4 Å². The van der Waals surface area contributed by atoms with E-state index in [1.165, 1.54) is 21.6 Å². The highest BCUT2D eigenvalue weighted by atomic mass is 32.1. The molecule has 0 unspecified atom stereocenters. The van der Waals surface area contributed by atoms with Crippen LogP contribution in [0.25, 0.3) is 33.2 Å². The number of fused-ring (bicyclic) bond motifs is 5. The highest BCUT2D eigenvalue weighted by Gasteiger charge is 2.38. The number of thiophene rings is 1. The van der Waals surface area contributed by atoms with Crippen molar-refractivity contribution < 1.29 is 13.9 Å². The van der Waals surface area contributed by atoms with Crippen molar-refractivity contribution in [3.8, 4) is 38.9 Å². The van der Waals surface area contributed by atoms with E-state index in [0.717, 1.165) is 60.6 Å². The van der Waals surface area contributed by atoms with Crippen molar-refractivity contribution in [3.05, 3.63) is 58.9 Å². The van der Waals surface area contributed by atoms with E-state index in [1.807, 2.05) is 4.90 Å². The number of benzene rings is 1. The van der Waals surface area contributed by atoms with Crippen molar-refractivity contribution >= 4 is 17.2 Å². The van der Waals surface area contributed by atoms with Gasteiger partial charge in [-0.1, -0.05) is 6.07 Å². The van der Waals surface area contributed by atoms with Crippen LogP contribution >= 0.6 is 11.3 Å². The molecule has 2 aliphatic heterocycles. The highest BCUT2D eigenvalue weighted by Crippen LogP contribution is 2.48. The lowest BCUT2D eigenvalue weighted by Crippen LogP contribution is -2.46. The second-order valence-electron chi connectivity index (χ2n) is 10.2. The molecule has 2 aliphatic rings. The number of amides is 1. The van der Waals surface area contributed by atoms with Gasteiger partial charge in [0.15, 0.2) is 0 Å². The van der Waals surface area contributed by atoms with E-state index in [9.17, 15) is 4.79 Å². The Balaban J connectivity index is 1.65. The van der Waals surface area contributed by atoms with Crippen molar-refractivity contribution in [1.29, 1.82) is 0 Å². The molecule has 0 N–H and O–H groups in total. The Hall–Kier alpha value is -3.32. The minimum atomic E-state index is -0.232. The van der Waals surface area contributed by atoms with Gasteiger partial charge in [-0.25, -0.2) is 4.98 Å². The van der Waals surface area contributed by atoms with Crippen LogP contribution in [0.1, 0.15) is 48.8 Å². The molecule has 5 heterocycles. The minimum Gasteiger partial charge on any atom is -0.496 e. The summed E-state index contributed by atoms with van der Waals surface area (Å²) in [6.07, 6.45) is 5.90. The van der Waals surface area contributed by atoms with Gasteiger partial charge in [0, 0.05) is 34.6 Å². The number of aromatic nitrogens is 2. The molecule has 6 nitrogen and oxygen atoms in total. The topological polar surface area (TPSA) is 60.5 Å². The van der Waals surface area contributed by atoms with Crippen LogP contribution in [0.3, 0.4) is 0 Å². The molecule has 0 spiro atoms. The molecule has 0 saturated carbocycles. The van der Waals surface area contributed by atoms with Crippen LogP contribution in [0, 0.1) is 0 Å². The summed E-state index contributed by atoms with van der Waals surface area (Å²) in [4.78, 5) is 21.7. The summed E-state index contributed by atoms with van der Waals surface area (Å²) in [5, 5.41) is 2.11. The highest BCUT2D eigenvalue weighted by molar-refractivity contribution is 7.13. The Morgan fingerprint density at radius 1 is 1.11 bits per heavy atom. The molecule has 0 saturated heterocycles. The standard InChI is InChI=1S/C28H29N3O3S/c1-28(2,3)31-11-5-7-18-23(22-8-6-14-35-22)24-19-16-20(26-29-10-13-34-26)21(33-4)15-17(19)9-12-30(24)25(18)27(31)32/h6,8,10,13-16H,5,7,9,11-12H2,1-4H3. The summed E-state index contributed by atoms with van der Waals surface area (Å²) in [6.45, 7) is 7.92. The Labute approximate surface area is 209 Å². The first kappa shape index (κ1) is 22.2. The number of carbonyl (C=O) groups excluding carboxylic acids is 1. The van der Waals surface area contributed by atoms with Gasteiger partial charge in [0.25, 0.3) is 5.91 Å². The fraction of sp³-hybridized carbons (Fsp3) is 0.357. The number of aryl methyl sites for hydroxylation is 1. The van der Waals surface area contributed by atoms with E-state index < -0.39 is 0 Å². The van der Waals surface area contributed by atoms with E-state index in [4.69, 9.17) is 9.15 Å². The Morgan fingerprint density at radius 2 is 1.97 bits per heavy atom. The first-order valence-corrected chi connectivity index (χ1v) is 13.0. The molecule has 1 aromatic carbocycles. The van der Waals surface area contributed by atoms with E-state index in [1.54, 1.807) is 30.9 Å². The molecule has 0 atom stereocenters. The molecule has 4 aromatic rings. The van der Waals surface area contributed by atoms with E-state index in [-0.39, 0.29) is 11.4 Å². The number of ether oxygens (including phenoxy) is 1. The maximum Gasteiger partial charge on any atom is 0.271 e. The van der Waals surface area contributed by atoms with Gasteiger partial charge in [0.05, 0.1) is 24.6 Å². The molecule has 0 radical (unpaired) electrons. The zero-order valence-electron chi connectivity index (χ0n) is 20.6. The summed E-state index contributed by atoms with van der Waals surface area (Å²) in [5.41, 5.74) is 7.29. The molecule has 1 amide bonds. The number of hydrogen-bond acceptors (Lipinski definition) is 5. The van der Waals surface area contributed by atoms with Crippen molar-refractivity contribution in [1.82, 2.24) is 14.5 Å². The van der Waals surface area contributed by atoms with E-state index >= 15 is 0 Å². The van der Waals surface area contributed by atoms with Crippen LogP contribution in [0.2, 0.25) is 0 Å². The van der Waals surface area contributed by atoms with Gasteiger partial charge in [-0.05, 0) is 74.7 Å². The van der Waals surface area contributed by atoms with Gasteiger partial charge in [0.2, 0.25) is 5.89 Å². The van der Waals surface area contributed by atoms with Gasteiger partial charge in [-0.15, -0.1) is 11.3 Å². The Bertz CT molecular complexity index is 1410. The molecule has 3 aromatic heterocycles. The smallest absolute Gasteiger partial charge is 0.271 e. The summed E-state index contributed by atoms with van der Waals surface area (Å²) in [7, 11) is 1.68. The molecule has 180 valence electrons. The van der Waals surface area contributed by atoms with Crippen LogP contribution in [0.15, 0.2) is 46.5 Å². The molecule has 7 heteroatoms. The summed E-state index contributed by atoms with van der Waals surface area (Å²) >= 11 is 1.73. The van der Waals surface area contributed by atoms with Crippen LogP contribution in [0.5, 0.6) is 5.75 Å². The lowest BCUT2D eigenvalue weighted by Gasteiger charge is -2.35. The zero-order valence-corrected chi connectivity index (χ0v) is 21.4. The lowest BCUT2D eigenvalue weighted by atomic mass is 9.92. The molecule has 0 fully saturated rings. The lowest BCUT2D eigenvalue weighted by molar-refractivity contribution is 0.0579. The summed E-state index contributed by atoms with van der Waals surface area (Å²) in [6, 6.07) is 8.50. The number of hydrogen-bond donors (Lipinski definition) is 0. The third-order valence-electron chi connectivity index (χ3n) is 7.15. The first-order valence-electron chi connectivity index (χ1n) is 12.1. The number of oxazole rings is 1. The van der Waals surface area contributed by atoms with Gasteiger partial charge in [0.1, 0.15) is 17.7 Å². The normalized spacial score (nSPS) is 15.4. The van der Waals surface area contributed by atoms with Crippen LogP contribution < -0.4 is 4.74 Å². The number of nitrogens with zero attached hydrogens (tertiary/aromatic N) is 3. The minimum absolute atomic E-state index is 0.138. The summed E-state index contributed by atoms with van der Waals surface area (Å²) < 4.78 is 13.7. The maximum absolute atomic E-state index is 14.1. The van der Waals surface area contributed by atoms with Gasteiger partial charge >= 0.3 is 0 Å². The molecule has 6 rings (SSSR count). The SMILES string of the molecule is COc1cc2c(cc1-c1ncco1)-c1c(-c3cccs3)c3c(n1CC2)C(=O)N(C(C)(C)C)CCC3. The quantitative estimate of drug-likeness (QED) is 0.341.